The molecule has 2 aromatic rings. The first-order chi connectivity index (χ1) is 9.66. The van der Waals surface area contributed by atoms with Crippen LogP contribution in [0.2, 0.25) is 0 Å². The molecule has 106 valence electrons. The van der Waals surface area contributed by atoms with Crippen LogP contribution in [-0.2, 0) is 0 Å². The second kappa shape index (κ2) is 6.05. The minimum absolute atomic E-state index is 0.0691. The number of halogens is 1. The largest absolute Gasteiger partial charge is 0.497 e. The lowest BCUT2D eigenvalue weighted by Crippen LogP contribution is -2.03. The molecule has 0 aliphatic carbocycles. The Morgan fingerprint density at radius 2 is 1.75 bits per heavy atom. The van der Waals surface area contributed by atoms with Crippen molar-refractivity contribution in [3.63, 3.8) is 0 Å². The third-order valence-electron chi connectivity index (χ3n) is 2.58. The van der Waals surface area contributed by atoms with Crippen LogP contribution in [0.5, 0.6) is 11.5 Å². The van der Waals surface area contributed by atoms with Gasteiger partial charge in [0.15, 0.2) is 11.6 Å². The number of aromatic nitrogens is 2. The summed E-state index contributed by atoms with van der Waals surface area (Å²) in [6, 6.07) is 5.15. The molecule has 0 unspecified atom stereocenters. The average Bonchev–Trinajstić information content (AvgIpc) is 2.49. The first-order valence-corrected chi connectivity index (χ1v) is 5.86. The number of methoxy groups -OCH3 is 2. The van der Waals surface area contributed by atoms with Gasteiger partial charge in [-0.2, -0.15) is 4.98 Å². The maximum atomic E-state index is 13.7. The number of nitrogens with one attached hydrogen (secondary N) is 2. The lowest BCUT2D eigenvalue weighted by molar-refractivity contribution is 0.395. The van der Waals surface area contributed by atoms with Gasteiger partial charge in [-0.3, -0.25) is 0 Å². The summed E-state index contributed by atoms with van der Waals surface area (Å²) in [7, 11) is 4.75. The zero-order valence-corrected chi connectivity index (χ0v) is 11.4. The molecule has 2 N–H and O–H groups in total. The maximum absolute atomic E-state index is 13.7. The number of anilines is 3. The predicted molar refractivity (Wildman–Crippen MR) is 74.4 cm³/mol. The molecule has 7 heteroatoms. The van der Waals surface area contributed by atoms with Gasteiger partial charge < -0.3 is 20.1 Å². The fourth-order valence-corrected chi connectivity index (χ4v) is 1.59. The van der Waals surface area contributed by atoms with Gasteiger partial charge in [0.05, 0.1) is 20.4 Å². The fourth-order valence-electron chi connectivity index (χ4n) is 1.59. The molecular weight excluding hydrogens is 263 g/mol. The van der Waals surface area contributed by atoms with Crippen LogP contribution >= 0.6 is 0 Å². The van der Waals surface area contributed by atoms with Crippen LogP contribution in [-0.4, -0.2) is 31.2 Å². The van der Waals surface area contributed by atoms with Gasteiger partial charge in [-0.05, 0) is 0 Å². The van der Waals surface area contributed by atoms with E-state index < -0.39 is 5.82 Å². The maximum Gasteiger partial charge on any atom is 0.224 e. The van der Waals surface area contributed by atoms with Gasteiger partial charge in [-0.15, -0.1) is 0 Å². The molecule has 0 saturated heterocycles. The third kappa shape index (κ3) is 3.05. The Morgan fingerprint density at radius 3 is 2.30 bits per heavy atom. The Kier molecular flexibility index (Phi) is 4.19. The summed E-state index contributed by atoms with van der Waals surface area (Å²) in [6.45, 7) is 0. The highest BCUT2D eigenvalue weighted by molar-refractivity contribution is 5.62. The van der Waals surface area contributed by atoms with Crippen LogP contribution < -0.4 is 20.1 Å². The molecule has 0 radical (unpaired) electrons. The number of nitrogens with zero attached hydrogens (tertiary/aromatic N) is 2. The Morgan fingerprint density at radius 1 is 1.10 bits per heavy atom. The Balaban J connectivity index is 2.33. The van der Waals surface area contributed by atoms with Crippen molar-refractivity contribution in [2.24, 2.45) is 0 Å². The van der Waals surface area contributed by atoms with E-state index in [1.807, 2.05) is 0 Å². The summed E-state index contributed by atoms with van der Waals surface area (Å²) >= 11 is 0. The van der Waals surface area contributed by atoms with E-state index in [2.05, 4.69) is 20.6 Å². The van der Waals surface area contributed by atoms with Gasteiger partial charge in [-0.25, -0.2) is 9.37 Å². The smallest absolute Gasteiger partial charge is 0.224 e. The van der Waals surface area contributed by atoms with E-state index in [1.54, 1.807) is 39.5 Å². The quantitative estimate of drug-likeness (QED) is 0.875. The molecular formula is C13H15FN4O2. The second-order valence-electron chi connectivity index (χ2n) is 3.87. The van der Waals surface area contributed by atoms with E-state index in [0.717, 1.165) is 6.20 Å². The highest BCUT2D eigenvalue weighted by atomic mass is 19.1. The van der Waals surface area contributed by atoms with Crippen molar-refractivity contribution in [3.05, 3.63) is 30.2 Å². The number of rotatable bonds is 5. The summed E-state index contributed by atoms with van der Waals surface area (Å²) < 4.78 is 24.0. The van der Waals surface area contributed by atoms with E-state index in [0.29, 0.717) is 23.1 Å². The lowest BCUT2D eigenvalue weighted by atomic mass is 10.2. The number of hydrogen-bond acceptors (Lipinski definition) is 6. The molecule has 1 aromatic heterocycles. The zero-order chi connectivity index (χ0) is 14.5. The topological polar surface area (TPSA) is 68.3 Å². The molecule has 0 fully saturated rings. The van der Waals surface area contributed by atoms with Gasteiger partial charge in [-0.1, -0.05) is 0 Å². The standard InChI is InChI=1S/C13H15FN4O2/c1-15-13-16-7-11(14)12(18-13)17-8-4-9(19-2)6-10(5-8)20-3/h4-7H,1-3H3,(H2,15,16,17,18). The third-order valence-corrected chi connectivity index (χ3v) is 2.58. The summed E-state index contributed by atoms with van der Waals surface area (Å²) in [5, 5.41) is 5.62. The predicted octanol–water partition coefficient (Wildman–Crippen LogP) is 2.42. The first-order valence-electron chi connectivity index (χ1n) is 5.86. The van der Waals surface area contributed by atoms with E-state index in [-0.39, 0.29) is 5.82 Å². The zero-order valence-electron chi connectivity index (χ0n) is 11.4. The van der Waals surface area contributed by atoms with Gasteiger partial charge in [0, 0.05) is 30.9 Å². The fraction of sp³-hybridized carbons (Fsp3) is 0.231. The van der Waals surface area contributed by atoms with Crippen LogP contribution in [0.15, 0.2) is 24.4 Å². The molecule has 1 aromatic carbocycles. The van der Waals surface area contributed by atoms with E-state index in [1.165, 1.54) is 0 Å². The number of hydrogen-bond donors (Lipinski definition) is 2. The van der Waals surface area contributed by atoms with Crippen molar-refractivity contribution in [2.45, 2.75) is 0 Å². The van der Waals surface area contributed by atoms with E-state index >= 15 is 0 Å². The molecule has 0 aliphatic heterocycles. The number of benzene rings is 1. The Bertz CT molecular complexity index is 585. The normalized spacial score (nSPS) is 10.0. The molecule has 0 atom stereocenters. The molecule has 0 amide bonds. The van der Waals surface area contributed by atoms with Crippen molar-refractivity contribution in [2.75, 3.05) is 31.9 Å². The second-order valence-corrected chi connectivity index (χ2v) is 3.87. The summed E-state index contributed by atoms with van der Waals surface area (Å²) in [5.74, 6) is 1.03. The van der Waals surface area contributed by atoms with Gasteiger partial charge in [0.25, 0.3) is 0 Å². The molecule has 0 spiro atoms. The van der Waals surface area contributed by atoms with Gasteiger partial charge >= 0.3 is 0 Å². The molecule has 1 heterocycles. The molecule has 0 bridgehead atoms. The van der Waals surface area contributed by atoms with E-state index in [9.17, 15) is 4.39 Å². The summed E-state index contributed by atoms with van der Waals surface area (Å²) in [6.07, 6.45) is 1.10. The Hall–Kier alpha value is -2.57. The molecule has 0 aliphatic rings. The SMILES string of the molecule is CNc1ncc(F)c(Nc2cc(OC)cc(OC)c2)n1. The molecule has 20 heavy (non-hydrogen) atoms. The minimum Gasteiger partial charge on any atom is -0.497 e. The highest BCUT2D eigenvalue weighted by Crippen LogP contribution is 2.28. The van der Waals surface area contributed by atoms with Crippen molar-refractivity contribution in [1.29, 1.82) is 0 Å². The lowest BCUT2D eigenvalue weighted by Gasteiger charge is -2.11. The van der Waals surface area contributed by atoms with Gasteiger partial charge in [0.1, 0.15) is 11.5 Å². The summed E-state index contributed by atoms with van der Waals surface area (Å²) in [5.41, 5.74) is 0.598. The van der Waals surface area contributed by atoms with Crippen molar-refractivity contribution >= 4 is 17.5 Å². The van der Waals surface area contributed by atoms with Crippen LogP contribution in [0.25, 0.3) is 0 Å². The molecule has 0 saturated carbocycles. The first kappa shape index (κ1) is 13.9. The van der Waals surface area contributed by atoms with Crippen LogP contribution in [0.4, 0.5) is 21.8 Å². The van der Waals surface area contributed by atoms with Crippen molar-refractivity contribution in [1.82, 2.24) is 9.97 Å². The van der Waals surface area contributed by atoms with Crippen molar-refractivity contribution in [3.8, 4) is 11.5 Å². The Labute approximate surface area is 116 Å². The summed E-state index contributed by atoms with van der Waals surface area (Å²) in [4.78, 5) is 7.79. The average molecular weight is 278 g/mol. The molecule has 6 nitrogen and oxygen atoms in total. The highest BCUT2D eigenvalue weighted by Gasteiger charge is 2.08. The van der Waals surface area contributed by atoms with Crippen LogP contribution in [0, 0.1) is 5.82 Å². The molecule has 2 rings (SSSR count). The van der Waals surface area contributed by atoms with Crippen LogP contribution in [0.1, 0.15) is 0 Å². The van der Waals surface area contributed by atoms with E-state index in [4.69, 9.17) is 9.47 Å². The van der Waals surface area contributed by atoms with Gasteiger partial charge in [0.2, 0.25) is 5.95 Å². The monoisotopic (exact) mass is 278 g/mol. The van der Waals surface area contributed by atoms with Crippen LogP contribution in [0.3, 0.4) is 0 Å². The van der Waals surface area contributed by atoms with Crippen molar-refractivity contribution < 1.29 is 13.9 Å². The minimum atomic E-state index is -0.550. The number of ether oxygens (including phenoxy) is 2.